The summed E-state index contributed by atoms with van der Waals surface area (Å²) in [5, 5.41) is 8.88. The highest BCUT2D eigenvalue weighted by molar-refractivity contribution is 6.28. The Kier molecular flexibility index (Phi) is 5.08. The van der Waals surface area contributed by atoms with Gasteiger partial charge in [-0.25, -0.2) is 4.99 Å². The summed E-state index contributed by atoms with van der Waals surface area (Å²) in [6.45, 7) is 0.0846. The molecule has 0 unspecified atom stereocenters. The maximum atomic E-state index is 8.88. The van der Waals surface area contributed by atoms with Gasteiger partial charge in [-0.15, -0.1) is 11.6 Å². The molecule has 0 bridgehead atoms. The minimum atomic E-state index is 0.0846. The Hall–Kier alpha value is -1.26. The van der Waals surface area contributed by atoms with E-state index in [1.54, 1.807) is 13.2 Å². The first-order valence-electron chi connectivity index (χ1n) is 4.87. The van der Waals surface area contributed by atoms with Crippen molar-refractivity contribution in [3.8, 4) is 5.75 Å². The molecule has 16 heavy (non-hydrogen) atoms. The molecule has 0 aliphatic carbocycles. The molecule has 0 atom stereocenters. The van der Waals surface area contributed by atoms with Gasteiger partial charge in [0.2, 0.25) is 0 Å². The number of hydrogen-bond acceptors (Lipinski definition) is 3. The van der Waals surface area contributed by atoms with Crippen molar-refractivity contribution < 1.29 is 9.84 Å². The van der Waals surface area contributed by atoms with Gasteiger partial charge in [-0.05, 0) is 24.1 Å². The lowest BCUT2D eigenvalue weighted by molar-refractivity contribution is 0.299. The number of hydrogen-bond donors (Lipinski definition) is 2. The molecule has 88 valence electrons. The Labute approximate surface area is 99.7 Å². The minimum Gasteiger partial charge on any atom is -0.497 e. The van der Waals surface area contributed by atoms with Gasteiger partial charge in [-0.1, -0.05) is 0 Å². The highest BCUT2D eigenvalue weighted by atomic mass is 35.5. The Bertz CT molecular complexity index is 380. The first-order chi connectivity index (χ1) is 7.69. The molecule has 4 nitrogen and oxygen atoms in total. The van der Waals surface area contributed by atoms with Gasteiger partial charge in [0.15, 0.2) is 0 Å². The lowest BCUT2D eigenvalue weighted by Crippen LogP contribution is -2.12. The van der Waals surface area contributed by atoms with Crippen LogP contribution in [0.15, 0.2) is 23.2 Å². The zero-order chi connectivity index (χ0) is 12.0. The molecular weight excluding hydrogens is 228 g/mol. The van der Waals surface area contributed by atoms with Crippen LogP contribution >= 0.6 is 11.6 Å². The third-order valence-electron chi connectivity index (χ3n) is 2.00. The van der Waals surface area contributed by atoms with Gasteiger partial charge in [-0.2, -0.15) is 0 Å². The van der Waals surface area contributed by atoms with Crippen molar-refractivity contribution in [2.45, 2.75) is 6.42 Å². The Morgan fingerprint density at radius 3 is 2.81 bits per heavy atom. The Morgan fingerprint density at radius 1 is 1.50 bits per heavy atom. The van der Waals surface area contributed by atoms with Crippen molar-refractivity contribution in [1.29, 1.82) is 0 Å². The van der Waals surface area contributed by atoms with Crippen LogP contribution in [0.5, 0.6) is 5.75 Å². The normalized spacial score (nSPS) is 11.6. The van der Waals surface area contributed by atoms with Crippen LogP contribution < -0.4 is 10.5 Å². The van der Waals surface area contributed by atoms with Gasteiger partial charge in [0.05, 0.1) is 18.7 Å². The number of rotatable bonds is 5. The Balaban J connectivity index is 3.03. The second kappa shape index (κ2) is 6.35. The summed E-state index contributed by atoms with van der Waals surface area (Å²) in [5.74, 6) is 1.23. The molecule has 0 fully saturated rings. The van der Waals surface area contributed by atoms with Crippen LogP contribution in [0.2, 0.25) is 0 Å². The van der Waals surface area contributed by atoms with Crippen molar-refractivity contribution in [1.82, 2.24) is 0 Å². The molecule has 1 aromatic rings. The van der Waals surface area contributed by atoms with E-state index in [1.807, 2.05) is 12.1 Å². The SMILES string of the molecule is COc1cc(CCO)cc(N=C(N)CCl)c1. The van der Waals surface area contributed by atoms with E-state index < -0.39 is 0 Å². The number of ether oxygens (including phenoxy) is 1. The standard InChI is InChI=1S/C11H15ClN2O2/c1-16-10-5-8(2-3-15)4-9(6-10)14-11(13)7-12/h4-6,15H,2-3,7H2,1H3,(H2,13,14). The fourth-order valence-electron chi connectivity index (χ4n) is 1.29. The minimum absolute atomic E-state index is 0.0846. The zero-order valence-corrected chi connectivity index (χ0v) is 9.87. The molecule has 0 spiro atoms. The van der Waals surface area contributed by atoms with Gasteiger partial charge < -0.3 is 15.6 Å². The number of nitrogens with zero attached hydrogens (tertiary/aromatic N) is 1. The smallest absolute Gasteiger partial charge is 0.121 e. The summed E-state index contributed by atoms with van der Waals surface area (Å²) in [7, 11) is 1.58. The fraction of sp³-hybridized carbons (Fsp3) is 0.364. The second-order valence-corrected chi connectivity index (χ2v) is 3.52. The van der Waals surface area contributed by atoms with Crippen molar-refractivity contribution >= 4 is 23.1 Å². The van der Waals surface area contributed by atoms with Crippen LogP contribution in [0, 0.1) is 0 Å². The molecule has 0 aliphatic heterocycles. The summed E-state index contributed by atoms with van der Waals surface area (Å²) in [6.07, 6.45) is 0.556. The summed E-state index contributed by atoms with van der Waals surface area (Å²) in [5.41, 5.74) is 7.18. The van der Waals surface area contributed by atoms with Crippen LogP contribution in [-0.2, 0) is 6.42 Å². The first kappa shape index (κ1) is 12.8. The van der Waals surface area contributed by atoms with Crippen LogP contribution in [0.1, 0.15) is 5.56 Å². The predicted molar refractivity (Wildman–Crippen MR) is 65.8 cm³/mol. The van der Waals surface area contributed by atoms with E-state index in [-0.39, 0.29) is 12.5 Å². The number of benzene rings is 1. The average molecular weight is 243 g/mol. The highest BCUT2D eigenvalue weighted by Gasteiger charge is 2.01. The van der Waals surface area contributed by atoms with Crippen LogP contribution in [0.3, 0.4) is 0 Å². The number of amidine groups is 1. The van der Waals surface area contributed by atoms with Gasteiger partial charge in [0.1, 0.15) is 11.6 Å². The van der Waals surface area contributed by atoms with Crippen molar-refractivity contribution in [3.05, 3.63) is 23.8 Å². The number of aliphatic imine (C=N–C) groups is 1. The number of halogens is 1. The molecular formula is C11H15ClN2O2. The van der Waals surface area contributed by atoms with E-state index in [1.165, 1.54) is 0 Å². The maximum Gasteiger partial charge on any atom is 0.121 e. The first-order valence-corrected chi connectivity index (χ1v) is 5.41. The lowest BCUT2D eigenvalue weighted by atomic mass is 10.1. The van der Waals surface area contributed by atoms with E-state index in [9.17, 15) is 0 Å². The Morgan fingerprint density at radius 2 is 2.25 bits per heavy atom. The number of alkyl halides is 1. The number of aliphatic hydroxyl groups is 1. The second-order valence-electron chi connectivity index (χ2n) is 3.25. The molecule has 0 saturated heterocycles. The quantitative estimate of drug-likeness (QED) is 0.467. The van der Waals surface area contributed by atoms with Crippen LogP contribution in [0.25, 0.3) is 0 Å². The van der Waals surface area contributed by atoms with Crippen LogP contribution in [0.4, 0.5) is 5.69 Å². The summed E-state index contributed by atoms with van der Waals surface area (Å²) in [4.78, 5) is 4.13. The molecule has 3 N–H and O–H groups in total. The molecule has 5 heteroatoms. The highest BCUT2D eigenvalue weighted by Crippen LogP contribution is 2.23. The van der Waals surface area contributed by atoms with Crippen LogP contribution in [-0.4, -0.2) is 30.5 Å². The molecule has 0 amide bonds. The van der Waals surface area contributed by atoms with E-state index >= 15 is 0 Å². The van der Waals surface area contributed by atoms with Gasteiger partial charge >= 0.3 is 0 Å². The summed E-state index contributed by atoms with van der Waals surface area (Å²) in [6, 6.07) is 5.46. The average Bonchev–Trinajstić information content (AvgIpc) is 2.29. The van der Waals surface area contributed by atoms with Gasteiger partial charge in [0.25, 0.3) is 0 Å². The zero-order valence-electron chi connectivity index (χ0n) is 9.11. The molecule has 0 aromatic heterocycles. The molecule has 1 rings (SSSR count). The lowest BCUT2D eigenvalue weighted by Gasteiger charge is -2.06. The largest absolute Gasteiger partial charge is 0.497 e. The topological polar surface area (TPSA) is 67.8 Å². The van der Waals surface area contributed by atoms with Crippen molar-refractivity contribution in [3.63, 3.8) is 0 Å². The fourth-order valence-corrected chi connectivity index (χ4v) is 1.35. The molecule has 0 aliphatic rings. The molecule has 0 heterocycles. The number of nitrogens with two attached hydrogens (primary N) is 1. The third-order valence-corrected chi connectivity index (χ3v) is 2.27. The van der Waals surface area contributed by atoms with E-state index in [0.717, 1.165) is 5.56 Å². The summed E-state index contributed by atoms with van der Waals surface area (Å²) >= 11 is 5.55. The molecule has 0 saturated carbocycles. The van der Waals surface area contributed by atoms with Crippen molar-refractivity contribution in [2.75, 3.05) is 19.6 Å². The van der Waals surface area contributed by atoms with E-state index in [4.69, 9.17) is 27.2 Å². The maximum absolute atomic E-state index is 8.88. The predicted octanol–water partition coefficient (Wildman–Crippen LogP) is 1.46. The van der Waals surface area contributed by atoms with E-state index in [2.05, 4.69) is 4.99 Å². The molecule has 0 radical (unpaired) electrons. The third kappa shape index (κ3) is 3.72. The van der Waals surface area contributed by atoms with Gasteiger partial charge in [0, 0.05) is 12.7 Å². The number of methoxy groups -OCH3 is 1. The monoisotopic (exact) mass is 242 g/mol. The number of aliphatic hydroxyl groups excluding tert-OH is 1. The summed E-state index contributed by atoms with van der Waals surface area (Å²) < 4.78 is 5.13. The van der Waals surface area contributed by atoms with Crippen molar-refractivity contribution in [2.24, 2.45) is 10.7 Å². The molecule has 1 aromatic carbocycles. The van der Waals surface area contributed by atoms with Gasteiger partial charge in [-0.3, -0.25) is 0 Å². The van der Waals surface area contributed by atoms with E-state index in [0.29, 0.717) is 23.7 Å².